The standard InChI is InChI=1S/C27H30N2O3/c1-20(2)25-15-10-21(3)18-26(25)32-17-7-16-31-24-13-11-22(12-14-24)19-28-29-27(30)23-8-5-4-6-9-23/h4-6,8-15,18-20H,7,16-17H2,1-3H3,(H,29,30)/b28-19-. The van der Waals surface area contributed by atoms with Crippen molar-refractivity contribution in [3.63, 3.8) is 0 Å². The highest BCUT2D eigenvalue weighted by Gasteiger charge is 2.08. The third kappa shape index (κ3) is 6.98. The van der Waals surface area contributed by atoms with E-state index in [1.807, 2.05) is 42.5 Å². The van der Waals surface area contributed by atoms with Gasteiger partial charge in [0, 0.05) is 12.0 Å². The summed E-state index contributed by atoms with van der Waals surface area (Å²) in [5.74, 6) is 1.93. The fourth-order valence-corrected chi connectivity index (χ4v) is 3.14. The molecular weight excluding hydrogens is 400 g/mol. The first kappa shape index (κ1) is 23.1. The summed E-state index contributed by atoms with van der Waals surface area (Å²) in [6.45, 7) is 7.60. The van der Waals surface area contributed by atoms with Gasteiger partial charge in [0.15, 0.2) is 0 Å². The first-order valence-electron chi connectivity index (χ1n) is 10.9. The van der Waals surface area contributed by atoms with E-state index in [0.717, 1.165) is 23.5 Å². The largest absolute Gasteiger partial charge is 0.493 e. The molecule has 0 fully saturated rings. The molecule has 0 heterocycles. The summed E-state index contributed by atoms with van der Waals surface area (Å²) < 4.78 is 11.8. The van der Waals surface area contributed by atoms with Crippen LogP contribution < -0.4 is 14.9 Å². The van der Waals surface area contributed by atoms with Gasteiger partial charge in [0.05, 0.1) is 19.4 Å². The molecule has 166 valence electrons. The summed E-state index contributed by atoms with van der Waals surface area (Å²) in [5.41, 5.74) is 6.39. The molecule has 1 amide bonds. The number of hydrogen-bond donors (Lipinski definition) is 1. The minimum Gasteiger partial charge on any atom is -0.493 e. The van der Waals surface area contributed by atoms with Gasteiger partial charge < -0.3 is 9.47 Å². The van der Waals surface area contributed by atoms with E-state index < -0.39 is 0 Å². The molecule has 5 nitrogen and oxygen atoms in total. The first-order valence-corrected chi connectivity index (χ1v) is 10.9. The lowest BCUT2D eigenvalue weighted by Crippen LogP contribution is -2.17. The predicted octanol–water partition coefficient (Wildman–Crippen LogP) is 5.73. The number of hydrogen-bond acceptors (Lipinski definition) is 4. The lowest BCUT2D eigenvalue weighted by atomic mass is 10.0. The maximum absolute atomic E-state index is 12.0. The van der Waals surface area contributed by atoms with Crippen molar-refractivity contribution in [1.29, 1.82) is 0 Å². The van der Waals surface area contributed by atoms with Crippen LogP contribution in [0.4, 0.5) is 0 Å². The minimum absolute atomic E-state index is 0.241. The number of carbonyl (C=O) groups excluding carboxylic acids is 1. The van der Waals surface area contributed by atoms with Crippen LogP contribution in [0.25, 0.3) is 0 Å². The number of carbonyl (C=O) groups is 1. The number of ether oxygens (including phenoxy) is 2. The molecule has 0 saturated heterocycles. The molecule has 0 aliphatic rings. The van der Waals surface area contributed by atoms with E-state index in [4.69, 9.17) is 9.47 Å². The Morgan fingerprint density at radius 3 is 2.41 bits per heavy atom. The summed E-state index contributed by atoms with van der Waals surface area (Å²) in [5, 5.41) is 4.01. The summed E-state index contributed by atoms with van der Waals surface area (Å²) in [6, 6.07) is 22.9. The Kier molecular flexibility index (Phi) is 8.44. The SMILES string of the molecule is Cc1ccc(C(C)C)c(OCCCOc2ccc(/C=N\NC(=O)c3ccccc3)cc2)c1. The Balaban J connectivity index is 1.40. The average molecular weight is 431 g/mol. The maximum atomic E-state index is 12.0. The molecule has 0 saturated carbocycles. The molecule has 0 bridgehead atoms. The number of nitrogens with one attached hydrogen (secondary N) is 1. The molecule has 0 radical (unpaired) electrons. The predicted molar refractivity (Wildman–Crippen MR) is 129 cm³/mol. The van der Waals surface area contributed by atoms with Crippen LogP contribution in [0.1, 0.15) is 53.2 Å². The summed E-state index contributed by atoms with van der Waals surface area (Å²) in [6.07, 6.45) is 2.40. The summed E-state index contributed by atoms with van der Waals surface area (Å²) in [4.78, 5) is 12.0. The van der Waals surface area contributed by atoms with Crippen molar-refractivity contribution in [3.05, 3.63) is 95.1 Å². The Morgan fingerprint density at radius 2 is 1.69 bits per heavy atom. The van der Waals surface area contributed by atoms with Crippen molar-refractivity contribution >= 4 is 12.1 Å². The van der Waals surface area contributed by atoms with Crippen molar-refractivity contribution < 1.29 is 14.3 Å². The third-order valence-electron chi connectivity index (χ3n) is 4.90. The van der Waals surface area contributed by atoms with Crippen molar-refractivity contribution in [2.24, 2.45) is 5.10 Å². The molecule has 32 heavy (non-hydrogen) atoms. The Labute approximate surface area is 190 Å². The first-order chi connectivity index (χ1) is 15.5. The fraction of sp³-hybridized carbons (Fsp3) is 0.259. The Morgan fingerprint density at radius 1 is 0.969 bits per heavy atom. The van der Waals surface area contributed by atoms with Gasteiger partial charge in [-0.2, -0.15) is 5.10 Å². The van der Waals surface area contributed by atoms with Gasteiger partial charge in [-0.25, -0.2) is 5.43 Å². The third-order valence-corrected chi connectivity index (χ3v) is 4.90. The lowest BCUT2D eigenvalue weighted by molar-refractivity contribution is 0.0955. The van der Waals surface area contributed by atoms with E-state index in [1.165, 1.54) is 11.1 Å². The van der Waals surface area contributed by atoms with Crippen LogP contribution >= 0.6 is 0 Å². The molecule has 1 N–H and O–H groups in total. The maximum Gasteiger partial charge on any atom is 0.271 e. The normalized spacial score (nSPS) is 11.0. The molecule has 5 heteroatoms. The molecule has 0 aromatic heterocycles. The Hall–Kier alpha value is -3.60. The monoisotopic (exact) mass is 430 g/mol. The van der Waals surface area contributed by atoms with Gasteiger partial charge >= 0.3 is 0 Å². The minimum atomic E-state index is -0.241. The second-order valence-electron chi connectivity index (χ2n) is 7.88. The zero-order chi connectivity index (χ0) is 22.8. The van der Waals surface area contributed by atoms with Crippen LogP contribution in [0.5, 0.6) is 11.5 Å². The van der Waals surface area contributed by atoms with E-state index in [-0.39, 0.29) is 5.91 Å². The molecule has 0 aliphatic carbocycles. The highest BCUT2D eigenvalue weighted by Crippen LogP contribution is 2.27. The van der Waals surface area contributed by atoms with Gasteiger partial charge in [0.2, 0.25) is 0 Å². The summed E-state index contributed by atoms with van der Waals surface area (Å²) in [7, 11) is 0. The van der Waals surface area contributed by atoms with E-state index in [9.17, 15) is 4.79 Å². The highest BCUT2D eigenvalue weighted by atomic mass is 16.5. The zero-order valence-corrected chi connectivity index (χ0v) is 18.9. The molecule has 0 spiro atoms. The molecule has 3 rings (SSSR count). The number of rotatable bonds is 10. The average Bonchev–Trinajstić information content (AvgIpc) is 2.80. The molecule has 0 aliphatic heterocycles. The van der Waals surface area contributed by atoms with Gasteiger partial charge in [-0.3, -0.25) is 4.79 Å². The molecule has 0 unspecified atom stereocenters. The van der Waals surface area contributed by atoms with Gasteiger partial charge in [0.1, 0.15) is 11.5 Å². The van der Waals surface area contributed by atoms with Crippen LogP contribution in [0.2, 0.25) is 0 Å². The number of aryl methyl sites for hydroxylation is 1. The van der Waals surface area contributed by atoms with E-state index in [1.54, 1.807) is 18.3 Å². The van der Waals surface area contributed by atoms with Crippen molar-refractivity contribution in [1.82, 2.24) is 5.43 Å². The molecule has 3 aromatic carbocycles. The second-order valence-corrected chi connectivity index (χ2v) is 7.88. The Bertz CT molecular complexity index is 1030. The molecule has 0 atom stereocenters. The van der Waals surface area contributed by atoms with Crippen molar-refractivity contribution in [3.8, 4) is 11.5 Å². The fourth-order valence-electron chi connectivity index (χ4n) is 3.14. The smallest absolute Gasteiger partial charge is 0.271 e. The van der Waals surface area contributed by atoms with Crippen LogP contribution in [-0.4, -0.2) is 25.3 Å². The van der Waals surface area contributed by atoms with Gasteiger partial charge in [-0.1, -0.05) is 44.2 Å². The lowest BCUT2D eigenvalue weighted by Gasteiger charge is -2.15. The van der Waals surface area contributed by atoms with E-state index >= 15 is 0 Å². The highest BCUT2D eigenvalue weighted by molar-refractivity contribution is 5.94. The van der Waals surface area contributed by atoms with Crippen LogP contribution in [0, 0.1) is 6.92 Å². The quantitative estimate of drug-likeness (QED) is 0.254. The van der Waals surface area contributed by atoms with Crippen LogP contribution in [0.15, 0.2) is 77.9 Å². The molecule has 3 aromatic rings. The van der Waals surface area contributed by atoms with Crippen molar-refractivity contribution in [2.75, 3.05) is 13.2 Å². The van der Waals surface area contributed by atoms with Gasteiger partial charge in [-0.15, -0.1) is 0 Å². The molecular formula is C27H30N2O3. The number of benzene rings is 3. The number of nitrogens with zero attached hydrogens (tertiary/aromatic N) is 1. The number of hydrazone groups is 1. The topological polar surface area (TPSA) is 59.9 Å². The van der Waals surface area contributed by atoms with E-state index in [0.29, 0.717) is 24.7 Å². The second kappa shape index (κ2) is 11.7. The van der Waals surface area contributed by atoms with Crippen molar-refractivity contribution in [2.45, 2.75) is 33.1 Å². The van der Waals surface area contributed by atoms with Gasteiger partial charge in [0.25, 0.3) is 5.91 Å². The van der Waals surface area contributed by atoms with Crippen LogP contribution in [-0.2, 0) is 0 Å². The van der Waals surface area contributed by atoms with Crippen LogP contribution in [0.3, 0.4) is 0 Å². The zero-order valence-electron chi connectivity index (χ0n) is 18.9. The number of amides is 1. The summed E-state index contributed by atoms with van der Waals surface area (Å²) >= 11 is 0. The van der Waals surface area contributed by atoms with Gasteiger partial charge in [-0.05, 0) is 72.0 Å². The van der Waals surface area contributed by atoms with E-state index in [2.05, 4.69) is 49.5 Å².